The van der Waals surface area contributed by atoms with E-state index in [9.17, 15) is 18.8 Å². The standard InChI is InChI=1S/C28H27FN4O4/c1-15-18(17-11-23(29)21(13-30)25(12-17)37-4)7-5-8-19(15)20-9-6-10-24(16(20)2)32-26(34)22-14-31-28(36)33(3)27(22)35/h5-12,14,22H,13,30H2,1-4H3,(H,32,34). The number of aliphatic imine (C=N–C) groups is 1. The summed E-state index contributed by atoms with van der Waals surface area (Å²) in [7, 11) is 2.76. The summed E-state index contributed by atoms with van der Waals surface area (Å²) in [5, 5.41) is 2.79. The number of urea groups is 1. The van der Waals surface area contributed by atoms with E-state index in [4.69, 9.17) is 10.5 Å². The molecule has 37 heavy (non-hydrogen) atoms. The highest BCUT2D eigenvalue weighted by Crippen LogP contribution is 2.37. The Kier molecular flexibility index (Phi) is 7.17. The molecule has 0 aliphatic carbocycles. The molecule has 1 aliphatic rings. The van der Waals surface area contributed by atoms with Gasteiger partial charge in [-0.3, -0.25) is 14.5 Å². The number of nitrogens with two attached hydrogens (primary N) is 1. The summed E-state index contributed by atoms with van der Waals surface area (Å²) in [6, 6.07) is 13.7. The quantitative estimate of drug-likeness (QED) is 0.483. The summed E-state index contributed by atoms with van der Waals surface area (Å²) in [4.78, 5) is 41.2. The highest BCUT2D eigenvalue weighted by atomic mass is 19.1. The van der Waals surface area contributed by atoms with Crippen LogP contribution in [0.1, 0.15) is 16.7 Å². The third-order valence-corrected chi connectivity index (χ3v) is 6.61. The first-order valence-corrected chi connectivity index (χ1v) is 11.6. The molecule has 4 amide bonds. The maximum atomic E-state index is 14.7. The number of imide groups is 1. The number of nitrogens with zero attached hydrogens (tertiary/aromatic N) is 2. The summed E-state index contributed by atoms with van der Waals surface area (Å²) in [6.45, 7) is 3.83. The van der Waals surface area contributed by atoms with Crippen molar-refractivity contribution in [1.82, 2.24) is 4.90 Å². The zero-order valence-corrected chi connectivity index (χ0v) is 21.0. The fraction of sp³-hybridized carbons (Fsp3) is 0.214. The number of nitrogens with one attached hydrogen (secondary N) is 1. The van der Waals surface area contributed by atoms with Gasteiger partial charge in [0.25, 0.3) is 0 Å². The third kappa shape index (κ3) is 4.73. The van der Waals surface area contributed by atoms with Gasteiger partial charge in [-0.05, 0) is 65.4 Å². The lowest BCUT2D eigenvalue weighted by atomic mass is 9.90. The predicted octanol–water partition coefficient (Wildman–Crippen LogP) is 4.46. The van der Waals surface area contributed by atoms with Crippen molar-refractivity contribution in [2.75, 3.05) is 19.5 Å². The van der Waals surface area contributed by atoms with E-state index in [1.807, 2.05) is 38.1 Å². The molecule has 4 rings (SSSR count). The number of amides is 4. The fourth-order valence-corrected chi connectivity index (χ4v) is 4.43. The van der Waals surface area contributed by atoms with E-state index < -0.39 is 29.6 Å². The first-order valence-electron chi connectivity index (χ1n) is 11.6. The van der Waals surface area contributed by atoms with E-state index in [-0.39, 0.29) is 6.54 Å². The Morgan fingerprint density at radius 2 is 1.73 bits per heavy atom. The maximum Gasteiger partial charge on any atom is 0.349 e. The van der Waals surface area contributed by atoms with Gasteiger partial charge < -0.3 is 15.8 Å². The number of rotatable bonds is 6. The first kappa shape index (κ1) is 25.7. The van der Waals surface area contributed by atoms with Crippen LogP contribution in [0, 0.1) is 25.6 Å². The second-order valence-electron chi connectivity index (χ2n) is 8.72. The predicted molar refractivity (Wildman–Crippen MR) is 140 cm³/mol. The molecule has 3 N–H and O–H groups in total. The van der Waals surface area contributed by atoms with E-state index in [1.54, 1.807) is 18.2 Å². The van der Waals surface area contributed by atoms with E-state index >= 15 is 0 Å². The molecule has 8 nitrogen and oxygen atoms in total. The number of hydrogen-bond donors (Lipinski definition) is 2. The third-order valence-electron chi connectivity index (χ3n) is 6.61. The van der Waals surface area contributed by atoms with Crippen LogP contribution in [-0.4, -0.2) is 43.1 Å². The molecule has 190 valence electrons. The Labute approximate surface area is 213 Å². The number of carbonyl (C=O) groups is 3. The van der Waals surface area contributed by atoms with Crippen LogP contribution in [0.2, 0.25) is 0 Å². The average molecular weight is 503 g/mol. The first-order chi connectivity index (χ1) is 17.7. The lowest BCUT2D eigenvalue weighted by Crippen LogP contribution is -2.45. The van der Waals surface area contributed by atoms with Crippen LogP contribution in [0.15, 0.2) is 53.5 Å². The molecule has 3 aromatic rings. The Bertz CT molecular complexity index is 1450. The number of benzene rings is 3. The fourth-order valence-electron chi connectivity index (χ4n) is 4.43. The number of ether oxygens (including phenoxy) is 1. The Morgan fingerprint density at radius 1 is 1.08 bits per heavy atom. The van der Waals surface area contributed by atoms with E-state index in [0.29, 0.717) is 22.6 Å². The van der Waals surface area contributed by atoms with Crippen molar-refractivity contribution in [3.05, 3.63) is 71.0 Å². The molecule has 1 heterocycles. The Balaban J connectivity index is 1.71. The number of hydrogen-bond acceptors (Lipinski definition) is 5. The topological polar surface area (TPSA) is 114 Å². The van der Waals surface area contributed by atoms with Crippen LogP contribution >= 0.6 is 0 Å². The average Bonchev–Trinajstić information content (AvgIpc) is 2.88. The van der Waals surface area contributed by atoms with Crippen LogP contribution in [-0.2, 0) is 16.1 Å². The molecule has 0 saturated heterocycles. The van der Waals surface area contributed by atoms with E-state index in [2.05, 4.69) is 10.3 Å². The lowest BCUT2D eigenvalue weighted by molar-refractivity contribution is -0.134. The summed E-state index contributed by atoms with van der Waals surface area (Å²) >= 11 is 0. The van der Waals surface area contributed by atoms with Gasteiger partial charge in [0.1, 0.15) is 11.6 Å². The van der Waals surface area contributed by atoms with Crippen LogP contribution in [0.3, 0.4) is 0 Å². The SMILES string of the molecule is COc1cc(-c2cccc(-c3cccc(NC(=O)C4C=NC(=O)N(C)C4=O)c3C)c2C)cc(F)c1CN. The van der Waals surface area contributed by atoms with Gasteiger partial charge >= 0.3 is 6.03 Å². The minimum atomic E-state index is -1.20. The van der Waals surface area contributed by atoms with Gasteiger partial charge in [-0.15, -0.1) is 0 Å². The van der Waals surface area contributed by atoms with Crippen molar-refractivity contribution in [3.63, 3.8) is 0 Å². The minimum Gasteiger partial charge on any atom is -0.496 e. The molecule has 0 spiro atoms. The zero-order chi connectivity index (χ0) is 26.9. The van der Waals surface area contributed by atoms with Crippen LogP contribution in [0.4, 0.5) is 14.9 Å². The van der Waals surface area contributed by atoms with Crippen molar-refractivity contribution in [1.29, 1.82) is 0 Å². The van der Waals surface area contributed by atoms with Gasteiger partial charge in [-0.25, -0.2) is 14.2 Å². The summed E-state index contributed by atoms with van der Waals surface area (Å²) in [5.74, 6) is -2.47. The van der Waals surface area contributed by atoms with Crippen LogP contribution < -0.4 is 15.8 Å². The monoisotopic (exact) mass is 502 g/mol. The molecular weight excluding hydrogens is 475 g/mol. The second kappa shape index (κ2) is 10.3. The molecule has 1 unspecified atom stereocenters. The molecular formula is C28H27FN4O4. The zero-order valence-electron chi connectivity index (χ0n) is 21.0. The lowest BCUT2D eigenvalue weighted by Gasteiger charge is -2.22. The van der Waals surface area contributed by atoms with Gasteiger partial charge in [-0.1, -0.05) is 30.3 Å². The second-order valence-corrected chi connectivity index (χ2v) is 8.72. The number of methoxy groups -OCH3 is 1. The minimum absolute atomic E-state index is 0.0247. The molecule has 9 heteroatoms. The van der Waals surface area contributed by atoms with Gasteiger partial charge in [0.05, 0.1) is 7.11 Å². The smallest absolute Gasteiger partial charge is 0.349 e. The normalized spacial score (nSPS) is 15.2. The molecule has 0 bridgehead atoms. The summed E-state index contributed by atoms with van der Waals surface area (Å²) < 4.78 is 20.1. The summed E-state index contributed by atoms with van der Waals surface area (Å²) in [5.41, 5.74) is 11.4. The van der Waals surface area contributed by atoms with E-state index in [0.717, 1.165) is 38.9 Å². The molecule has 0 radical (unpaired) electrons. The summed E-state index contributed by atoms with van der Waals surface area (Å²) in [6.07, 6.45) is 1.07. The molecule has 1 aliphatic heterocycles. The van der Waals surface area contributed by atoms with Crippen LogP contribution in [0.5, 0.6) is 5.75 Å². The Hall–Kier alpha value is -4.37. The van der Waals surface area contributed by atoms with Crippen molar-refractivity contribution in [2.45, 2.75) is 20.4 Å². The molecule has 0 saturated carbocycles. The van der Waals surface area contributed by atoms with Gasteiger partial charge in [-0.2, -0.15) is 0 Å². The maximum absolute atomic E-state index is 14.7. The van der Waals surface area contributed by atoms with Crippen LogP contribution in [0.25, 0.3) is 22.3 Å². The molecule has 0 fully saturated rings. The van der Waals surface area contributed by atoms with Gasteiger partial charge in [0.2, 0.25) is 11.8 Å². The van der Waals surface area contributed by atoms with Crippen molar-refractivity contribution in [3.8, 4) is 28.0 Å². The van der Waals surface area contributed by atoms with Gasteiger partial charge in [0, 0.05) is 31.1 Å². The number of anilines is 1. The van der Waals surface area contributed by atoms with Crippen molar-refractivity contribution in [2.24, 2.45) is 16.6 Å². The molecule has 1 atom stereocenters. The highest BCUT2D eigenvalue weighted by molar-refractivity contribution is 6.23. The largest absolute Gasteiger partial charge is 0.496 e. The number of carbonyl (C=O) groups excluding carboxylic acids is 3. The highest BCUT2D eigenvalue weighted by Gasteiger charge is 2.34. The van der Waals surface area contributed by atoms with E-state index in [1.165, 1.54) is 20.2 Å². The molecule has 0 aromatic heterocycles. The van der Waals surface area contributed by atoms with Gasteiger partial charge in [0.15, 0.2) is 5.92 Å². The number of halogens is 1. The Morgan fingerprint density at radius 3 is 2.41 bits per heavy atom. The molecule has 3 aromatic carbocycles. The van der Waals surface area contributed by atoms with Crippen molar-refractivity contribution >= 4 is 29.7 Å². The van der Waals surface area contributed by atoms with Crippen molar-refractivity contribution < 1.29 is 23.5 Å².